The zero-order valence-electron chi connectivity index (χ0n) is 12.7. The Bertz CT molecular complexity index is 795. The van der Waals surface area contributed by atoms with Gasteiger partial charge in [0.05, 0.1) is 6.04 Å². The number of urea groups is 1. The number of furan rings is 1. The Morgan fingerprint density at radius 1 is 1.35 bits per heavy atom. The van der Waals surface area contributed by atoms with Crippen molar-refractivity contribution < 1.29 is 9.21 Å². The van der Waals surface area contributed by atoms with Gasteiger partial charge in [-0.2, -0.15) is 0 Å². The fourth-order valence-electron chi connectivity index (χ4n) is 2.33. The van der Waals surface area contributed by atoms with Gasteiger partial charge in [-0.3, -0.25) is 4.98 Å². The van der Waals surface area contributed by atoms with E-state index < -0.39 is 0 Å². The minimum Gasteiger partial charge on any atom is -0.459 e. The molecule has 0 fully saturated rings. The van der Waals surface area contributed by atoms with Crippen molar-refractivity contribution in [1.82, 2.24) is 10.3 Å². The van der Waals surface area contributed by atoms with Crippen molar-refractivity contribution in [3.63, 3.8) is 0 Å². The summed E-state index contributed by atoms with van der Waals surface area (Å²) in [4.78, 5) is 16.2. The molecule has 1 unspecified atom stereocenters. The number of benzene rings is 1. The van der Waals surface area contributed by atoms with Crippen LogP contribution in [0.5, 0.6) is 0 Å². The number of nitrogens with zero attached hydrogens (tertiary/aromatic N) is 1. The third kappa shape index (κ3) is 3.49. The molecule has 0 aliphatic carbocycles. The second-order valence-corrected chi connectivity index (χ2v) is 5.29. The molecule has 0 spiro atoms. The van der Waals surface area contributed by atoms with Crippen molar-refractivity contribution in [2.75, 3.05) is 5.32 Å². The van der Waals surface area contributed by atoms with Crippen LogP contribution in [0.4, 0.5) is 10.5 Å². The highest BCUT2D eigenvalue weighted by molar-refractivity contribution is 5.89. The van der Waals surface area contributed by atoms with Crippen molar-refractivity contribution >= 4 is 22.7 Å². The van der Waals surface area contributed by atoms with Crippen molar-refractivity contribution in [2.24, 2.45) is 5.73 Å². The number of nitrogens with two attached hydrogens (primary N) is 1. The van der Waals surface area contributed by atoms with Gasteiger partial charge in [0.15, 0.2) is 0 Å². The van der Waals surface area contributed by atoms with Gasteiger partial charge < -0.3 is 20.8 Å². The van der Waals surface area contributed by atoms with Gasteiger partial charge in [-0.05, 0) is 36.8 Å². The Morgan fingerprint density at radius 3 is 3.00 bits per heavy atom. The lowest BCUT2D eigenvalue weighted by Gasteiger charge is -2.13. The van der Waals surface area contributed by atoms with E-state index in [4.69, 9.17) is 10.2 Å². The minimum atomic E-state index is -0.301. The zero-order chi connectivity index (χ0) is 16.2. The summed E-state index contributed by atoms with van der Waals surface area (Å²) < 4.78 is 5.72. The van der Waals surface area contributed by atoms with Gasteiger partial charge in [0.1, 0.15) is 11.3 Å². The molecule has 2 heterocycles. The van der Waals surface area contributed by atoms with E-state index in [0.29, 0.717) is 18.0 Å². The van der Waals surface area contributed by atoms with E-state index >= 15 is 0 Å². The lowest BCUT2D eigenvalue weighted by atomic mass is 10.2. The molecule has 6 nitrogen and oxygen atoms in total. The maximum atomic E-state index is 12.1. The standard InChI is InChI=1S/C17H18N4O2/c1-11(16-8-13-10-19-6-5-15(13)23-16)20-17(22)21-14-4-2-3-12(7-14)9-18/h2-8,10-11H,9,18H2,1H3,(H2,20,21,22). The molecule has 23 heavy (non-hydrogen) atoms. The molecule has 2 aromatic heterocycles. The maximum absolute atomic E-state index is 12.1. The summed E-state index contributed by atoms with van der Waals surface area (Å²) in [5, 5.41) is 6.55. The number of carbonyl (C=O) groups is 1. The number of nitrogens with one attached hydrogen (secondary N) is 2. The van der Waals surface area contributed by atoms with Crippen molar-refractivity contribution in [1.29, 1.82) is 0 Å². The maximum Gasteiger partial charge on any atom is 0.319 e. The van der Waals surface area contributed by atoms with Gasteiger partial charge in [-0.1, -0.05) is 12.1 Å². The summed E-state index contributed by atoms with van der Waals surface area (Å²) in [7, 11) is 0. The van der Waals surface area contributed by atoms with Gasteiger partial charge in [0.2, 0.25) is 0 Å². The Morgan fingerprint density at radius 2 is 2.22 bits per heavy atom. The average Bonchev–Trinajstić information content (AvgIpc) is 2.99. The van der Waals surface area contributed by atoms with Crippen molar-refractivity contribution in [2.45, 2.75) is 19.5 Å². The molecule has 0 aliphatic rings. The fraction of sp³-hybridized carbons (Fsp3) is 0.176. The Hall–Kier alpha value is -2.86. The SMILES string of the molecule is CC(NC(=O)Nc1cccc(CN)c1)c1cc2cnccc2o1. The second kappa shape index (κ2) is 6.50. The first-order valence-corrected chi connectivity index (χ1v) is 7.35. The first-order chi connectivity index (χ1) is 11.2. The van der Waals surface area contributed by atoms with Gasteiger partial charge in [0, 0.05) is 30.0 Å². The van der Waals surface area contributed by atoms with E-state index in [-0.39, 0.29) is 12.1 Å². The Balaban J connectivity index is 1.66. The van der Waals surface area contributed by atoms with Crippen LogP contribution < -0.4 is 16.4 Å². The molecule has 1 aromatic carbocycles. The smallest absolute Gasteiger partial charge is 0.319 e. The summed E-state index contributed by atoms with van der Waals surface area (Å²) in [6, 6.07) is 10.5. The van der Waals surface area contributed by atoms with Crippen LogP contribution in [0.15, 0.2) is 53.2 Å². The Labute approximate surface area is 133 Å². The number of pyridine rings is 1. The van der Waals surface area contributed by atoms with E-state index in [1.165, 1.54) is 0 Å². The minimum absolute atomic E-state index is 0.264. The normalized spacial score (nSPS) is 12.1. The molecule has 4 N–H and O–H groups in total. The van der Waals surface area contributed by atoms with Crippen LogP contribution in [-0.4, -0.2) is 11.0 Å². The highest BCUT2D eigenvalue weighted by Gasteiger charge is 2.14. The lowest BCUT2D eigenvalue weighted by molar-refractivity contribution is 0.248. The molecule has 2 amide bonds. The molecule has 118 valence electrons. The van der Waals surface area contributed by atoms with Crippen LogP contribution in [0.1, 0.15) is 24.3 Å². The molecule has 3 rings (SSSR count). The summed E-state index contributed by atoms with van der Waals surface area (Å²) >= 11 is 0. The third-order valence-corrected chi connectivity index (χ3v) is 3.53. The largest absolute Gasteiger partial charge is 0.459 e. The van der Waals surface area contributed by atoms with Crippen LogP contribution >= 0.6 is 0 Å². The second-order valence-electron chi connectivity index (χ2n) is 5.29. The zero-order valence-corrected chi connectivity index (χ0v) is 12.7. The lowest BCUT2D eigenvalue weighted by Crippen LogP contribution is -2.31. The number of aromatic nitrogens is 1. The molecule has 0 bridgehead atoms. The Kier molecular flexibility index (Phi) is 4.25. The van der Waals surface area contributed by atoms with Gasteiger partial charge in [0.25, 0.3) is 0 Å². The topological polar surface area (TPSA) is 93.2 Å². The summed E-state index contributed by atoms with van der Waals surface area (Å²) in [5.41, 5.74) is 8.01. The highest BCUT2D eigenvalue weighted by Crippen LogP contribution is 2.23. The monoisotopic (exact) mass is 310 g/mol. The van der Waals surface area contributed by atoms with Crippen molar-refractivity contribution in [3.8, 4) is 0 Å². The van der Waals surface area contributed by atoms with Crippen LogP contribution in [0.3, 0.4) is 0 Å². The quantitative estimate of drug-likeness (QED) is 0.690. The van der Waals surface area contributed by atoms with E-state index in [9.17, 15) is 4.79 Å². The first-order valence-electron chi connectivity index (χ1n) is 7.35. The summed E-state index contributed by atoms with van der Waals surface area (Å²) in [5.74, 6) is 0.679. The number of anilines is 1. The molecular weight excluding hydrogens is 292 g/mol. The van der Waals surface area contributed by atoms with E-state index in [2.05, 4.69) is 15.6 Å². The van der Waals surface area contributed by atoms with Crippen LogP contribution in [0.2, 0.25) is 0 Å². The van der Waals surface area contributed by atoms with Crippen LogP contribution in [-0.2, 0) is 6.54 Å². The molecule has 6 heteroatoms. The average molecular weight is 310 g/mol. The summed E-state index contributed by atoms with van der Waals surface area (Å²) in [6.45, 7) is 2.29. The molecule has 3 aromatic rings. The number of hydrogen-bond donors (Lipinski definition) is 3. The van der Waals surface area contributed by atoms with Gasteiger partial charge in [-0.15, -0.1) is 0 Å². The number of fused-ring (bicyclic) bond motifs is 1. The number of rotatable bonds is 4. The molecule has 0 radical (unpaired) electrons. The number of amides is 2. The van der Waals surface area contributed by atoms with E-state index in [0.717, 1.165) is 16.5 Å². The molecule has 0 saturated heterocycles. The number of hydrogen-bond acceptors (Lipinski definition) is 4. The molecular formula is C17H18N4O2. The molecule has 0 aliphatic heterocycles. The predicted molar refractivity (Wildman–Crippen MR) is 88.9 cm³/mol. The highest BCUT2D eigenvalue weighted by atomic mass is 16.3. The van der Waals surface area contributed by atoms with E-state index in [1.54, 1.807) is 18.5 Å². The van der Waals surface area contributed by atoms with Crippen LogP contribution in [0.25, 0.3) is 11.0 Å². The number of carbonyl (C=O) groups excluding carboxylic acids is 1. The first kappa shape index (κ1) is 15.1. The predicted octanol–water partition coefficient (Wildman–Crippen LogP) is 3.17. The van der Waals surface area contributed by atoms with Gasteiger partial charge in [-0.25, -0.2) is 4.79 Å². The van der Waals surface area contributed by atoms with Crippen molar-refractivity contribution in [3.05, 3.63) is 60.1 Å². The molecule has 1 atom stereocenters. The van der Waals surface area contributed by atoms with Crippen LogP contribution in [0, 0.1) is 0 Å². The summed E-state index contributed by atoms with van der Waals surface area (Å²) in [6.07, 6.45) is 3.40. The molecule has 0 saturated carbocycles. The fourth-order valence-corrected chi connectivity index (χ4v) is 2.33. The van der Waals surface area contributed by atoms with E-state index in [1.807, 2.05) is 37.3 Å². The van der Waals surface area contributed by atoms with Gasteiger partial charge >= 0.3 is 6.03 Å². The third-order valence-electron chi connectivity index (χ3n) is 3.53.